The Bertz CT molecular complexity index is 2290. The lowest BCUT2D eigenvalue weighted by molar-refractivity contribution is -0.139. The summed E-state index contributed by atoms with van der Waals surface area (Å²) in [6, 6.07) is 18.2. The smallest absolute Gasteiger partial charge is 0.419 e. The highest BCUT2D eigenvalue weighted by molar-refractivity contribution is 6.09. The number of ether oxygens (including phenoxy) is 3. The lowest BCUT2D eigenvalue weighted by Crippen LogP contribution is -2.32. The van der Waals surface area contributed by atoms with Gasteiger partial charge in [0.1, 0.15) is 28.7 Å². The Labute approximate surface area is 324 Å². The van der Waals surface area contributed by atoms with Crippen LogP contribution in [0.2, 0.25) is 0 Å². The minimum Gasteiger partial charge on any atom is -0.508 e. The average molecular weight is 782 g/mol. The number of esters is 1. The average Bonchev–Trinajstić information content (AvgIpc) is 3.45. The fourth-order valence-electron chi connectivity index (χ4n) is 6.68. The number of nitrogens with zero attached hydrogens (tertiary/aromatic N) is 1. The summed E-state index contributed by atoms with van der Waals surface area (Å²) in [5.41, 5.74) is -0.250. The van der Waals surface area contributed by atoms with Gasteiger partial charge in [0.25, 0.3) is 0 Å². The van der Waals surface area contributed by atoms with Crippen molar-refractivity contribution in [2.24, 2.45) is 5.92 Å². The molecular weight excluding hydrogens is 747 g/mol. The number of unbranched alkanes of at least 4 members (excludes halogenated alkanes) is 2. The van der Waals surface area contributed by atoms with Gasteiger partial charge in [-0.1, -0.05) is 12.1 Å². The Morgan fingerprint density at radius 2 is 1.58 bits per heavy atom. The number of hydrogen-bond donors (Lipinski definition) is 4. The third-order valence-corrected chi connectivity index (χ3v) is 9.42. The van der Waals surface area contributed by atoms with Crippen molar-refractivity contribution in [1.29, 1.82) is 5.26 Å². The minimum atomic E-state index is -4.77. The van der Waals surface area contributed by atoms with Crippen molar-refractivity contribution < 1.29 is 56.8 Å². The van der Waals surface area contributed by atoms with E-state index in [1.807, 2.05) is 0 Å². The maximum absolute atomic E-state index is 13.7. The number of rotatable bonds is 14. The second kappa shape index (κ2) is 16.4. The molecule has 0 radical (unpaired) electrons. The van der Waals surface area contributed by atoms with Crippen molar-refractivity contribution in [3.8, 4) is 47.2 Å². The predicted octanol–water partition coefficient (Wildman–Crippen LogP) is 7.00. The minimum absolute atomic E-state index is 0.0233. The van der Waals surface area contributed by atoms with Gasteiger partial charge in [-0.2, -0.15) is 18.4 Å². The van der Waals surface area contributed by atoms with E-state index in [-0.39, 0.29) is 72.6 Å². The van der Waals surface area contributed by atoms with E-state index in [0.29, 0.717) is 41.5 Å². The molecule has 2 amide bonds. The maximum Gasteiger partial charge on any atom is 0.419 e. The zero-order valence-corrected chi connectivity index (χ0v) is 30.1. The third kappa shape index (κ3) is 8.33. The Morgan fingerprint density at radius 1 is 0.895 bits per heavy atom. The second-order valence-electron chi connectivity index (χ2n) is 13.3. The molecule has 0 saturated heterocycles. The van der Waals surface area contributed by atoms with Crippen molar-refractivity contribution in [3.05, 3.63) is 106 Å². The molecule has 0 saturated carbocycles. The van der Waals surface area contributed by atoms with Gasteiger partial charge in [0.2, 0.25) is 11.8 Å². The highest BCUT2D eigenvalue weighted by atomic mass is 19.4. The van der Waals surface area contributed by atoms with E-state index in [1.54, 1.807) is 36.4 Å². The number of fused-ring (bicyclic) bond motifs is 6. The number of hydrogen-bond acceptors (Lipinski definition) is 10. The number of aromatic hydroxyl groups is 2. The molecule has 1 unspecified atom stereocenters. The van der Waals surface area contributed by atoms with Crippen molar-refractivity contribution in [2.75, 3.05) is 11.9 Å². The summed E-state index contributed by atoms with van der Waals surface area (Å²) in [7, 11) is 0. The molecular formula is C42H34F3N3O9. The Hall–Kier alpha value is -7.00. The molecule has 4 aromatic rings. The molecule has 292 valence electrons. The number of benzene rings is 4. The van der Waals surface area contributed by atoms with Gasteiger partial charge in [0.15, 0.2) is 17.3 Å². The monoisotopic (exact) mass is 781 g/mol. The summed E-state index contributed by atoms with van der Waals surface area (Å²) in [5, 5.41) is 34.6. The number of terminal acetylenes is 1. The first-order chi connectivity index (χ1) is 27.2. The summed E-state index contributed by atoms with van der Waals surface area (Å²) in [4.78, 5) is 50.7. The van der Waals surface area contributed by atoms with Crippen LogP contribution >= 0.6 is 0 Å². The summed E-state index contributed by atoms with van der Waals surface area (Å²) in [5.74, 6) is -2.28. The summed E-state index contributed by atoms with van der Waals surface area (Å²) in [6.45, 7) is -0.0432. The third-order valence-electron chi connectivity index (χ3n) is 9.42. The van der Waals surface area contributed by atoms with E-state index in [0.717, 1.165) is 18.2 Å². The van der Waals surface area contributed by atoms with Crippen LogP contribution in [-0.4, -0.2) is 40.4 Å². The lowest BCUT2D eigenvalue weighted by Gasteiger charge is -2.36. The maximum atomic E-state index is 13.7. The molecule has 15 heteroatoms. The molecule has 0 aromatic heterocycles. The quantitative estimate of drug-likeness (QED) is 0.0450. The molecule has 1 spiro atoms. The Kier molecular flexibility index (Phi) is 11.4. The fourth-order valence-corrected chi connectivity index (χ4v) is 6.68. The number of phenolic OH excluding ortho intramolecular Hbond substituents is 2. The van der Waals surface area contributed by atoms with E-state index < -0.39 is 46.7 Å². The normalized spacial score (nSPS) is 13.7. The first-order valence-corrected chi connectivity index (χ1v) is 17.7. The number of Topliss-reactive ketones (excluding diaryl/α,β-unsaturated/α-hetero) is 1. The molecule has 2 heterocycles. The molecule has 12 nitrogen and oxygen atoms in total. The lowest BCUT2D eigenvalue weighted by atomic mass is 9.77. The number of anilines is 1. The van der Waals surface area contributed by atoms with E-state index in [2.05, 4.69) is 16.6 Å². The zero-order valence-electron chi connectivity index (χ0n) is 30.1. The van der Waals surface area contributed by atoms with Crippen molar-refractivity contribution >= 4 is 29.3 Å². The van der Waals surface area contributed by atoms with Crippen LogP contribution in [0.5, 0.6) is 28.7 Å². The number of nitrogens with one attached hydrogen (secondary N) is 2. The molecule has 2 aliphatic rings. The molecule has 1 atom stereocenters. The first kappa shape index (κ1) is 39.7. The van der Waals surface area contributed by atoms with Gasteiger partial charge in [-0.3, -0.25) is 14.4 Å². The van der Waals surface area contributed by atoms with Gasteiger partial charge in [-0.25, -0.2) is 4.79 Å². The molecule has 0 bridgehead atoms. The topological polar surface area (TPSA) is 184 Å². The Balaban J connectivity index is 1.02. The van der Waals surface area contributed by atoms with Crippen LogP contribution in [0.4, 0.5) is 18.9 Å². The van der Waals surface area contributed by atoms with E-state index in [4.69, 9.17) is 20.6 Å². The number of nitriles is 1. The van der Waals surface area contributed by atoms with Crippen LogP contribution in [0.15, 0.2) is 72.8 Å². The second-order valence-corrected chi connectivity index (χ2v) is 13.3. The van der Waals surface area contributed by atoms with Crippen LogP contribution in [0.3, 0.4) is 0 Å². The van der Waals surface area contributed by atoms with Crippen molar-refractivity contribution in [2.45, 2.75) is 56.8 Å². The first-order valence-electron chi connectivity index (χ1n) is 17.7. The van der Waals surface area contributed by atoms with Crippen LogP contribution in [0.25, 0.3) is 0 Å². The van der Waals surface area contributed by atoms with E-state index in [1.165, 1.54) is 24.3 Å². The molecule has 4 aromatic carbocycles. The fraction of sp³-hybridized carbons (Fsp3) is 0.262. The highest BCUT2D eigenvalue weighted by Gasteiger charge is 2.53. The van der Waals surface area contributed by atoms with Gasteiger partial charge >= 0.3 is 12.1 Å². The van der Waals surface area contributed by atoms with Crippen molar-refractivity contribution in [1.82, 2.24) is 5.32 Å². The zero-order chi connectivity index (χ0) is 40.9. The van der Waals surface area contributed by atoms with Crippen LogP contribution in [0.1, 0.15) is 76.7 Å². The number of amides is 2. The number of phenols is 2. The summed E-state index contributed by atoms with van der Waals surface area (Å²) >= 11 is 0. The number of ketones is 1. The molecule has 2 aliphatic heterocycles. The van der Waals surface area contributed by atoms with E-state index in [9.17, 15) is 47.8 Å². The molecule has 0 fully saturated rings. The predicted molar refractivity (Wildman–Crippen MR) is 196 cm³/mol. The molecule has 0 aliphatic carbocycles. The molecule has 4 N–H and O–H groups in total. The van der Waals surface area contributed by atoms with Gasteiger partial charge in [-0.15, -0.1) is 12.3 Å². The van der Waals surface area contributed by atoms with Gasteiger partial charge in [0, 0.05) is 66.4 Å². The largest absolute Gasteiger partial charge is 0.508 e. The van der Waals surface area contributed by atoms with Crippen molar-refractivity contribution in [3.63, 3.8) is 0 Å². The standard InChI is InChI=1S/C42H34F3N3O9/c1-2-3-7-34(51)29(22-46)39(53)48-25-10-14-33(42(43,44)45)35(19-25)55-17-6-4-5-8-38(52)47-23-24-9-13-30-28(18-24)40(54)57-41(30)31-15-11-26(49)20-36(31)56-37-21-27(50)12-16-32(37)41/h1,9-16,18-21,29,49-50H,3-8,17,23H2,(H,47,52)(H,48,53). The van der Waals surface area contributed by atoms with E-state index >= 15 is 0 Å². The highest BCUT2D eigenvalue weighted by Crippen LogP contribution is 2.57. The van der Waals surface area contributed by atoms with Gasteiger partial charge in [0.05, 0.1) is 23.8 Å². The number of carbonyl (C=O) groups is 4. The number of carbonyl (C=O) groups excluding carboxylic acids is 4. The van der Waals surface area contributed by atoms with Crippen LogP contribution in [-0.2, 0) is 37.4 Å². The summed E-state index contributed by atoms with van der Waals surface area (Å²) < 4.78 is 58.6. The SMILES string of the molecule is C#CCCC(=O)C(C#N)C(=O)Nc1ccc(C(F)(F)F)c(OCCCCCC(=O)NCc2ccc3c(c2)C(=O)OC32c3ccc(O)cc3Oc3cc(O)ccc32)c1. The van der Waals surface area contributed by atoms with Crippen LogP contribution < -0.4 is 20.1 Å². The van der Waals surface area contributed by atoms with Gasteiger partial charge in [-0.05, 0) is 67.3 Å². The number of halogens is 3. The Morgan fingerprint density at radius 3 is 2.23 bits per heavy atom. The number of alkyl halides is 3. The molecule has 6 rings (SSSR count). The molecule has 57 heavy (non-hydrogen) atoms. The van der Waals surface area contributed by atoms with Crippen LogP contribution in [0, 0.1) is 29.6 Å². The van der Waals surface area contributed by atoms with Gasteiger partial charge < -0.3 is 35.1 Å². The summed E-state index contributed by atoms with van der Waals surface area (Å²) in [6.07, 6.45) is 1.41.